The molecule has 5 rings (SSSR count). The molecule has 1 N–H and O–H groups in total. The highest BCUT2D eigenvalue weighted by molar-refractivity contribution is 6.00. The first-order chi connectivity index (χ1) is 19.3. The molecular formula is C32H43N3O5. The Bertz CT molecular complexity index is 1180. The SMILES string of the molecule is CCCC(C)N1CC=C[C@]23O[C@]4(CC)C=CCN(CCC)C(=O)[C@@H]4[C@H]2C(=O)N([C@H](CO)c2ccccc2)C3C1=O. The third-order valence-electron chi connectivity index (χ3n) is 9.42. The Labute approximate surface area is 237 Å². The first-order valence-corrected chi connectivity index (χ1v) is 14.9. The second kappa shape index (κ2) is 11.1. The standard InChI is InChI=1S/C32H43N3O5/c1-5-13-22(4)34-20-12-17-32-26(25-28(37)33(18-6-2)19-11-16-31(25,7-3)40-32)29(38)35(27(32)30(34)39)24(21-36)23-14-9-8-10-15-23/h8-12,14-17,22,24-27,36H,5-7,13,18-21H2,1-4H3/t22?,24-,25+,26+,27?,31-,32+/m1/s1. The molecule has 3 amide bonds. The molecule has 2 unspecified atom stereocenters. The van der Waals surface area contributed by atoms with Crippen LogP contribution in [-0.2, 0) is 19.1 Å². The predicted octanol–water partition coefficient (Wildman–Crippen LogP) is 3.48. The van der Waals surface area contributed by atoms with Crippen LogP contribution in [0.25, 0.3) is 0 Å². The summed E-state index contributed by atoms with van der Waals surface area (Å²) in [7, 11) is 0. The Balaban J connectivity index is 1.70. The molecule has 0 aromatic heterocycles. The van der Waals surface area contributed by atoms with Gasteiger partial charge in [0.05, 0.1) is 30.1 Å². The lowest BCUT2D eigenvalue weighted by atomic mass is 9.73. The van der Waals surface area contributed by atoms with Gasteiger partial charge in [0.1, 0.15) is 11.6 Å². The van der Waals surface area contributed by atoms with Gasteiger partial charge in [-0.05, 0) is 31.7 Å². The highest BCUT2D eigenvalue weighted by Crippen LogP contribution is 2.59. The van der Waals surface area contributed by atoms with Crippen LogP contribution in [0.2, 0.25) is 0 Å². The Kier molecular flexibility index (Phi) is 7.94. The number of benzene rings is 1. The van der Waals surface area contributed by atoms with Gasteiger partial charge in [0, 0.05) is 25.7 Å². The van der Waals surface area contributed by atoms with E-state index in [0.717, 1.165) is 24.8 Å². The molecule has 0 radical (unpaired) electrons. The molecule has 4 heterocycles. The molecule has 1 spiro atoms. The van der Waals surface area contributed by atoms with Gasteiger partial charge in [-0.3, -0.25) is 14.4 Å². The van der Waals surface area contributed by atoms with Gasteiger partial charge in [-0.2, -0.15) is 0 Å². The van der Waals surface area contributed by atoms with Crippen LogP contribution < -0.4 is 0 Å². The van der Waals surface area contributed by atoms with Gasteiger partial charge in [-0.1, -0.05) is 81.8 Å². The Hall–Kier alpha value is -2.97. The smallest absolute Gasteiger partial charge is 0.249 e. The van der Waals surface area contributed by atoms with Gasteiger partial charge in [-0.25, -0.2) is 0 Å². The molecular weight excluding hydrogens is 506 g/mol. The molecule has 0 bridgehead atoms. The summed E-state index contributed by atoms with van der Waals surface area (Å²) in [6.45, 7) is 9.24. The van der Waals surface area contributed by atoms with Crippen LogP contribution in [0.15, 0.2) is 54.6 Å². The number of aliphatic hydroxyl groups is 1. The average molecular weight is 550 g/mol. The molecule has 2 saturated heterocycles. The second-order valence-electron chi connectivity index (χ2n) is 11.7. The fraction of sp³-hybridized carbons (Fsp3) is 0.594. The van der Waals surface area contributed by atoms with Gasteiger partial charge in [0.25, 0.3) is 0 Å². The number of carbonyl (C=O) groups excluding carboxylic acids is 3. The van der Waals surface area contributed by atoms with E-state index in [1.54, 1.807) is 4.90 Å². The van der Waals surface area contributed by atoms with Crippen molar-refractivity contribution < 1.29 is 24.2 Å². The number of ether oxygens (including phenoxy) is 1. The van der Waals surface area contributed by atoms with Gasteiger partial charge < -0.3 is 24.5 Å². The van der Waals surface area contributed by atoms with Crippen LogP contribution in [0.4, 0.5) is 0 Å². The highest BCUT2D eigenvalue weighted by atomic mass is 16.5. The van der Waals surface area contributed by atoms with Gasteiger partial charge in [0.15, 0.2) is 0 Å². The minimum absolute atomic E-state index is 0.0359. The van der Waals surface area contributed by atoms with Crippen molar-refractivity contribution in [3.63, 3.8) is 0 Å². The zero-order valence-corrected chi connectivity index (χ0v) is 24.2. The molecule has 8 nitrogen and oxygen atoms in total. The number of likely N-dealkylation sites (tertiary alicyclic amines) is 1. The van der Waals surface area contributed by atoms with Crippen LogP contribution in [0, 0.1) is 11.8 Å². The van der Waals surface area contributed by atoms with E-state index >= 15 is 0 Å². The monoisotopic (exact) mass is 549 g/mol. The predicted molar refractivity (Wildman–Crippen MR) is 152 cm³/mol. The zero-order valence-electron chi connectivity index (χ0n) is 24.2. The number of hydrogen-bond donors (Lipinski definition) is 1. The minimum Gasteiger partial charge on any atom is -0.394 e. The van der Waals surface area contributed by atoms with Crippen LogP contribution in [-0.4, -0.2) is 87.1 Å². The van der Waals surface area contributed by atoms with Gasteiger partial charge in [-0.15, -0.1) is 0 Å². The minimum atomic E-state index is -1.33. The lowest BCUT2D eigenvalue weighted by Gasteiger charge is -2.41. The van der Waals surface area contributed by atoms with Crippen molar-refractivity contribution in [2.75, 3.05) is 26.2 Å². The van der Waals surface area contributed by atoms with Crippen LogP contribution >= 0.6 is 0 Å². The number of amides is 3. The molecule has 40 heavy (non-hydrogen) atoms. The fourth-order valence-electron chi connectivity index (χ4n) is 7.57. The van der Waals surface area contributed by atoms with Gasteiger partial charge >= 0.3 is 0 Å². The van der Waals surface area contributed by atoms with Crippen molar-refractivity contribution in [1.82, 2.24) is 14.7 Å². The van der Waals surface area contributed by atoms with Crippen molar-refractivity contribution in [2.45, 2.75) is 82.7 Å². The summed E-state index contributed by atoms with van der Waals surface area (Å²) in [6.07, 6.45) is 10.8. The average Bonchev–Trinajstić information content (AvgIpc) is 3.25. The molecule has 8 heteroatoms. The Morgan fingerprint density at radius 2 is 1.68 bits per heavy atom. The van der Waals surface area contributed by atoms with Crippen molar-refractivity contribution in [3.8, 4) is 0 Å². The maximum absolute atomic E-state index is 14.8. The zero-order chi connectivity index (χ0) is 28.7. The summed E-state index contributed by atoms with van der Waals surface area (Å²) < 4.78 is 7.05. The summed E-state index contributed by atoms with van der Waals surface area (Å²) in [5.41, 5.74) is -1.59. The molecule has 1 aromatic rings. The number of rotatable bonds is 9. The van der Waals surface area contributed by atoms with E-state index < -0.39 is 35.1 Å². The van der Waals surface area contributed by atoms with Crippen molar-refractivity contribution in [2.24, 2.45) is 11.8 Å². The summed E-state index contributed by atoms with van der Waals surface area (Å²) >= 11 is 0. The summed E-state index contributed by atoms with van der Waals surface area (Å²) in [4.78, 5) is 48.8. The van der Waals surface area contributed by atoms with Crippen molar-refractivity contribution in [1.29, 1.82) is 0 Å². The van der Waals surface area contributed by atoms with E-state index in [2.05, 4.69) is 6.92 Å². The van der Waals surface area contributed by atoms with Gasteiger partial charge in [0.2, 0.25) is 17.7 Å². The van der Waals surface area contributed by atoms with Crippen LogP contribution in [0.1, 0.15) is 65.0 Å². The number of nitrogens with zero attached hydrogens (tertiary/aromatic N) is 3. The van der Waals surface area contributed by atoms with E-state index in [-0.39, 0.29) is 30.4 Å². The van der Waals surface area contributed by atoms with E-state index in [1.807, 2.05) is 85.2 Å². The fourth-order valence-corrected chi connectivity index (χ4v) is 7.57. The van der Waals surface area contributed by atoms with E-state index in [9.17, 15) is 19.5 Å². The largest absolute Gasteiger partial charge is 0.394 e. The summed E-state index contributed by atoms with van der Waals surface area (Å²) in [5.74, 6) is -2.26. The number of fused-ring (bicyclic) bond motifs is 2. The first kappa shape index (κ1) is 28.6. The van der Waals surface area contributed by atoms with Crippen molar-refractivity contribution in [3.05, 3.63) is 60.2 Å². The molecule has 1 aromatic carbocycles. The number of aliphatic hydroxyl groups excluding tert-OH is 1. The molecule has 2 fully saturated rings. The normalized spacial score (nSPS) is 33.0. The molecule has 0 saturated carbocycles. The lowest BCUT2D eigenvalue weighted by Crippen LogP contribution is -2.58. The van der Waals surface area contributed by atoms with E-state index in [4.69, 9.17) is 4.74 Å². The summed E-state index contributed by atoms with van der Waals surface area (Å²) in [5, 5.41) is 10.7. The maximum atomic E-state index is 14.8. The highest BCUT2D eigenvalue weighted by Gasteiger charge is 2.76. The Morgan fingerprint density at radius 1 is 0.950 bits per heavy atom. The number of carbonyl (C=O) groups is 3. The van der Waals surface area contributed by atoms with E-state index in [0.29, 0.717) is 26.1 Å². The molecule has 7 atom stereocenters. The molecule has 4 aliphatic heterocycles. The molecule has 216 valence electrons. The molecule has 0 aliphatic carbocycles. The third kappa shape index (κ3) is 4.22. The van der Waals surface area contributed by atoms with Crippen LogP contribution in [0.5, 0.6) is 0 Å². The van der Waals surface area contributed by atoms with E-state index in [1.165, 1.54) is 0 Å². The summed E-state index contributed by atoms with van der Waals surface area (Å²) in [6, 6.07) is 7.55. The quantitative estimate of drug-likeness (QED) is 0.477. The topological polar surface area (TPSA) is 90.4 Å². The third-order valence-corrected chi connectivity index (χ3v) is 9.42. The Morgan fingerprint density at radius 3 is 2.33 bits per heavy atom. The lowest BCUT2D eigenvalue weighted by molar-refractivity contribution is -0.158. The number of hydrogen-bond acceptors (Lipinski definition) is 5. The van der Waals surface area contributed by atoms with Crippen LogP contribution in [0.3, 0.4) is 0 Å². The first-order valence-electron chi connectivity index (χ1n) is 14.9. The van der Waals surface area contributed by atoms with Crippen molar-refractivity contribution >= 4 is 17.7 Å². The maximum Gasteiger partial charge on any atom is 0.249 e. The molecule has 4 aliphatic rings. The second-order valence-corrected chi connectivity index (χ2v) is 11.7.